The molecule has 0 heterocycles. The first-order valence-corrected chi connectivity index (χ1v) is 4.81. The summed E-state index contributed by atoms with van der Waals surface area (Å²) in [6.45, 7) is 6.77. The number of carbonyl (C=O) groups is 1. The van der Waals surface area contributed by atoms with E-state index in [1.807, 2.05) is 0 Å². The normalized spacial score (nSPS) is 13.8. The molecule has 14 heavy (non-hydrogen) atoms. The van der Waals surface area contributed by atoms with Crippen molar-refractivity contribution in [2.75, 3.05) is 20.2 Å². The molecule has 0 aromatic carbocycles. The quantitative estimate of drug-likeness (QED) is 0.640. The van der Waals surface area contributed by atoms with Crippen LogP contribution in [0.1, 0.15) is 27.2 Å². The summed E-state index contributed by atoms with van der Waals surface area (Å²) in [4.78, 5) is 10.7. The second-order valence-electron chi connectivity index (χ2n) is 4.63. The third kappa shape index (κ3) is 8.01. The van der Waals surface area contributed by atoms with E-state index in [9.17, 15) is 9.90 Å². The van der Waals surface area contributed by atoms with Crippen LogP contribution in [0.15, 0.2) is 0 Å². The fraction of sp³-hybridized carbons (Fsp3) is 0.900. The van der Waals surface area contributed by atoms with Crippen molar-refractivity contribution in [3.05, 3.63) is 0 Å². The Morgan fingerprint density at radius 3 is 2.50 bits per heavy atom. The molecule has 0 amide bonds. The van der Waals surface area contributed by atoms with Gasteiger partial charge in [-0.05, 0) is 11.8 Å². The number of carbonyl (C=O) groups excluding carboxylic acids is 1. The van der Waals surface area contributed by atoms with Crippen LogP contribution in [-0.4, -0.2) is 37.4 Å². The molecule has 0 saturated heterocycles. The number of methoxy groups -OCH3 is 1. The molecule has 0 bridgehead atoms. The van der Waals surface area contributed by atoms with Crippen LogP contribution in [0.4, 0.5) is 0 Å². The van der Waals surface area contributed by atoms with Gasteiger partial charge in [-0.15, -0.1) is 0 Å². The number of nitrogens with one attached hydrogen (secondary N) is 1. The molecule has 0 aliphatic rings. The number of rotatable bonds is 5. The van der Waals surface area contributed by atoms with Crippen molar-refractivity contribution in [1.82, 2.24) is 5.32 Å². The Hall–Kier alpha value is -0.610. The number of hydrogen-bond acceptors (Lipinski definition) is 4. The van der Waals surface area contributed by atoms with Crippen LogP contribution < -0.4 is 5.32 Å². The Morgan fingerprint density at radius 1 is 1.50 bits per heavy atom. The van der Waals surface area contributed by atoms with Crippen molar-refractivity contribution in [3.8, 4) is 0 Å². The van der Waals surface area contributed by atoms with Gasteiger partial charge in [0, 0.05) is 6.54 Å². The monoisotopic (exact) mass is 203 g/mol. The zero-order valence-corrected chi connectivity index (χ0v) is 9.46. The number of esters is 1. The van der Waals surface area contributed by atoms with Crippen LogP contribution in [0, 0.1) is 5.41 Å². The highest BCUT2D eigenvalue weighted by Crippen LogP contribution is 2.20. The summed E-state index contributed by atoms with van der Waals surface area (Å²) in [6.07, 6.45) is 0.293. The fourth-order valence-corrected chi connectivity index (χ4v) is 1.19. The molecule has 0 radical (unpaired) electrons. The van der Waals surface area contributed by atoms with Gasteiger partial charge in [0.15, 0.2) is 0 Å². The van der Waals surface area contributed by atoms with Crippen LogP contribution >= 0.6 is 0 Å². The van der Waals surface area contributed by atoms with Gasteiger partial charge >= 0.3 is 5.97 Å². The van der Waals surface area contributed by atoms with E-state index in [0.29, 0.717) is 13.0 Å². The van der Waals surface area contributed by atoms with E-state index >= 15 is 0 Å². The number of aliphatic hydroxyl groups excluding tert-OH is 1. The van der Waals surface area contributed by atoms with Crippen molar-refractivity contribution in [2.45, 2.75) is 33.3 Å². The lowest BCUT2D eigenvalue weighted by atomic mass is 9.89. The van der Waals surface area contributed by atoms with E-state index in [4.69, 9.17) is 0 Å². The average molecular weight is 203 g/mol. The first kappa shape index (κ1) is 13.4. The molecule has 0 aromatic heterocycles. The minimum absolute atomic E-state index is 0.104. The Morgan fingerprint density at radius 2 is 2.07 bits per heavy atom. The Kier molecular flexibility index (Phi) is 5.72. The molecule has 0 spiro atoms. The maximum Gasteiger partial charge on any atom is 0.319 e. The molecule has 0 rings (SSSR count). The lowest BCUT2D eigenvalue weighted by Crippen LogP contribution is -2.33. The van der Waals surface area contributed by atoms with Gasteiger partial charge in [0.1, 0.15) is 0 Å². The molecular formula is C10H21NO3. The van der Waals surface area contributed by atoms with Crippen molar-refractivity contribution in [2.24, 2.45) is 5.41 Å². The maximum absolute atomic E-state index is 10.7. The minimum Gasteiger partial charge on any atom is -0.468 e. The third-order valence-electron chi connectivity index (χ3n) is 1.72. The van der Waals surface area contributed by atoms with Gasteiger partial charge in [0.05, 0.1) is 19.8 Å². The Labute approximate surface area is 85.6 Å². The highest BCUT2D eigenvalue weighted by atomic mass is 16.5. The molecule has 4 heteroatoms. The Bertz CT molecular complexity index is 175. The molecule has 2 N–H and O–H groups in total. The highest BCUT2D eigenvalue weighted by Gasteiger charge is 2.16. The molecule has 0 fully saturated rings. The highest BCUT2D eigenvalue weighted by molar-refractivity contribution is 5.71. The topological polar surface area (TPSA) is 58.6 Å². The van der Waals surface area contributed by atoms with E-state index < -0.39 is 6.10 Å². The maximum atomic E-state index is 10.7. The van der Waals surface area contributed by atoms with Gasteiger partial charge in [-0.3, -0.25) is 4.79 Å². The van der Waals surface area contributed by atoms with Crippen LogP contribution in [0.25, 0.3) is 0 Å². The molecule has 0 saturated carbocycles. The molecule has 84 valence electrons. The van der Waals surface area contributed by atoms with Gasteiger partial charge in [-0.1, -0.05) is 20.8 Å². The summed E-state index contributed by atoms with van der Waals surface area (Å²) in [7, 11) is 1.34. The van der Waals surface area contributed by atoms with Gasteiger partial charge in [-0.2, -0.15) is 0 Å². The predicted molar refractivity (Wildman–Crippen MR) is 55.0 cm³/mol. The molecule has 1 unspecified atom stereocenters. The second-order valence-corrected chi connectivity index (χ2v) is 4.63. The standard InChI is InChI=1S/C10H21NO3/c1-10(2,3)5-8(12)6-11-7-9(13)14-4/h8,11-12H,5-7H2,1-4H3. The van der Waals surface area contributed by atoms with Gasteiger partial charge in [-0.25, -0.2) is 0 Å². The largest absolute Gasteiger partial charge is 0.468 e. The smallest absolute Gasteiger partial charge is 0.319 e. The minimum atomic E-state index is -0.417. The second kappa shape index (κ2) is 5.98. The number of aliphatic hydroxyl groups is 1. The van der Waals surface area contributed by atoms with Crippen molar-refractivity contribution >= 4 is 5.97 Å². The summed E-state index contributed by atoms with van der Waals surface area (Å²) in [5, 5.41) is 12.4. The van der Waals surface area contributed by atoms with E-state index in [-0.39, 0.29) is 17.9 Å². The number of ether oxygens (including phenoxy) is 1. The first-order valence-electron chi connectivity index (χ1n) is 4.81. The van der Waals surface area contributed by atoms with E-state index in [1.54, 1.807) is 0 Å². The summed E-state index contributed by atoms with van der Waals surface area (Å²) in [6, 6.07) is 0. The van der Waals surface area contributed by atoms with Gasteiger partial charge in [0.25, 0.3) is 0 Å². The molecule has 0 aromatic rings. The lowest BCUT2D eigenvalue weighted by molar-refractivity contribution is -0.139. The van der Waals surface area contributed by atoms with Gasteiger partial charge < -0.3 is 15.2 Å². The molecule has 0 aliphatic heterocycles. The predicted octanol–water partition coefficient (Wildman–Crippen LogP) is 0.546. The first-order chi connectivity index (χ1) is 6.35. The van der Waals surface area contributed by atoms with Crippen molar-refractivity contribution in [1.29, 1.82) is 0 Å². The van der Waals surface area contributed by atoms with Gasteiger partial charge in [0.2, 0.25) is 0 Å². The zero-order chi connectivity index (χ0) is 11.2. The van der Waals surface area contributed by atoms with E-state index in [2.05, 4.69) is 30.8 Å². The lowest BCUT2D eigenvalue weighted by Gasteiger charge is -2.22. The molecule has 0 aliphatic carbocycles. The summed E-state index contributed by atoms with van der Waals surface area (Å²) >= 11 is 0. The van der Waals surface area contributed by atoms with Crippen LogP contribution in [0.5, 0.6) is 0 Å². The molecular weight excluding hydrogens is 182 g/mol. The van der Waals surface area contributed by atoms with Crippen LogP contribution in [0.3, 0.4) is 0 Å². The van der Waals surface area contributed by atoms with Crippen molar-refractivity contribution in [3.63, 3.8) is 0 Å². The van der Waals surface area contributed by atoms with Crippen molar-refractivity contribution < 1.29 is 14.6 Å². The Balaban J connectivity index is 3.54. The summed E-state index contributed by atoms with van der Waals surface area (Å²) in [5.74, 6) is -0.312. The van der Waals surface area contributed by atoms with Crippen LogP contribution in [0.2, 0.25) is 0 Å². The average Bonchev–Trinajstić information content (AvgIpc) is 2.00. The summed E-state index contributed by atoms with van der Waals surface area (Å²) < 4.78 is 4.45. The van der Waals surface area contributed by atoms with E-state index in [0.717, 1.165) is 0 Å². The van der Waals surface area contributed by atoms with E-state index in [1.165, 1.54) is 7.11 Å². The zero-order valence-electron chi connectivity index (χ0n) is 9.46. The van der Waals surface area contributed by atoms with Crippen LogP contribution in [-0.2, 0) is 9.53 Å². The number of hydrogen-bond donors (Lipinski definition) is 2. The third-order valence-corrected chi connectivity index (χ3v) is 1.72. The summed E-state index contributed by atoms with van der Waals surface area (Å²) in [5.41, 5.74) is 0.104. The fourth-order valence-electron chi connectivity index (χ4n) is 1.19. The molecule has 1 atom stereocenters. The molecule has 4 nitrogen and oxygen atoms in total. The SMILES string of the molecule is COC(=O)CNCC(O)CC(C)(C)C.